The minimum Gasteiger partial charge on any atom is -0.233 e. The van der Waals surface area contributed by atoms with Gasteiger partial charge in [0, 0.05) is 22.1 Å². The molecule has 0 N–H and O–H groups in total. The van der Waals surface area contributed by atoms with Crippen molar-refractivity contribution in [2.24, 2.45) is 0 Å². The monoisotopic (exact) mass is 291 g/mol. The van der Waals surface area contributed by atoms with Crippen LogP contribution in [0.5, 0.6) is 0 Å². The van der Waals surface area contributed by atoms with Crippen LogP contribution in [0.15, 0.2) is 47.2 Å². The Bertz CT molecular complexity index is 693. The van der Waals surface area contributed by atoms with Gasteiger partial charge in [0.15, 0.2) is 0 Å². The van der Waals surface area contributed by atoms with Gasteiger partial charge in [0.2, 0.25) is 5.95 Å². The topological polar surface area (TPSA) is 30.7 Å². The maximum atomic E-state index is 13.1. The van der Waals surface area contributed by atoms with Gasteiger partial charge in [0.05, 0.1) is 17.4 Å². The van der Waals surface area contributed by atoms with Gasteiger partial charge in [-0.1, -0.05) is 22.0 Å². The van der Waals surface area contributed by atoms with E-state index in [2.05, 4.69) is 26.0 Å². The van der Waals surface area contributed by atoms with Crippen LogP contribution in [0.2, 0.25) is 0 Å². The first-order valence-corrected chi connectivity index (χ1v) is 5.79. The lowest BCUT2D eigenvalue weighted by atomic mass is 10.2. The van der Waals surface area contributed by atoms with Crippen LogP contribution in [-0.2, 0) is 0 Å². The van der Waals surface area contributed by atoms with Crippen molar-refractivity contribution in [2.45, 2.75) is 0 Å². The molecule has 2 heterocycles. The summed E-state index contributed by atoms with van der Waals surface area (Å²) >= 11 is 3.46. The molecule has 0 spiro atoms. The maximum Gasteiger partial charge on any atom is 0.214 e. The van der Waals surface area contributed by atoms with E-state index < -0.39 is 5.95 Å². The lowest BCUT2D eigenvalue weighted by molar-refractivity contribution is 0.582. The smallest absolute Gasteiger partial charge is 0.214 e. The zero-order valence-corrected chi connectivity index (χ0v) is 10.2. The number of fused-ring (bicyclic) bond motifs is 1. The van der Waals surface area contributed by atoms with Crippen LogP contribution in [-0.4, -0.2) is 14.8 Å². The number of aromatic nitrogens is 3. The molecule has 3 aromatic rings. The van der Waals surface area contributed by atoms with Crippen molar-refractivity contribution in [1.29, 1.82) is 0 Å². The van der Waals surface area contributed by atoms with Crippen molar-refractivity contribution in [3.63, 3.8) is 0 Å². The van der Waals surface area contributed by atoms with Crippen molar-refractivity contribution in [3.8, 4) is 5.69 Å². The fraction of sp³-hybridized carbons (Fsp3) is 0. The highest BCUT2D eigenvalue weighted by atomic mass is 79.9. The van der Waals surface area contributed by atoms with Crippen LogP contribution >= 0.6 is 15.9 Å². The molecule has 1 aromatic carbocycles. The number of benzene rings is 1. The molecule has 0 aliphatic heterocycles. The van der Waals surface area contributed by atoms with Crippen molar-refractivity contribution < 1.29 is 4.39 Å². The molecule has 0 aliphatic rings. The lowest BCUT2D eigenvalue weighted by Gasteiger charge is -2.03. The van der Waals surface area contributed by atoms with Crippen LogP contribution in [0.4, 0.5) is 4.39 Å². The standard InChI is InChI=1S/C12H7BrFN3/c13-10-2-1-3-11-9(10)7-16-17(11)8-4-5-15-12(14)6-8/h1-7H. The van der Waals surface area contributed by atoms with Crippen LogP contribution in [0.3, 0.4) is 0 Å². The first-order valence-electron chi connectivity index (χ1n) is 5.00. The predicted octanol–water partition coefficient (Wildman–Crippen LogP) is 3.32. The van der Waals surface area contributed by atoms with Crippen molar-refractivity contribution in [1.82, 2.24) is 14.8 Å². The van der Waals surface area contributed by atoms with E-state index >= 15 is 0 Å². The minimum absolute atomic E-state index is 0.513. The summed E-state index contributed by atoms with van der Waals surface area (Å²) in [5.41, 5.74) is 1.58. The second-order valence-corrected chi connectivity index (χ2v) is 4.42. The summed E-state index contributed by atoms with van der Waals surface area (Å²) < 4.78 is 15.7. The van der Waals surface area contributed by atoms with E-state index in [1.165, 1.54) is 12.3 Å². The molecule has 3 nitrogen and oxygen atoms in total. The van der Waals surface area contributed by atoms with Gasteiger partial charge >= 0.3 is 0 Å². The molecule has 0 aliphatic carbocycles. The summed E-state index contributed by atoms with van der Waals surface area (Å²) in [4.78, 5) is 3.53. The predicted molar refractivity (Wildman–Crippen MR) is 66.5 cm³/mol. The van der Waals surface area contributed by atoms with E-state index in [9.17, 15) is 4.39 Å². The average Bonchev–Trinajstić information content (AvgIpc) is 2.74. The SMILES string of the molecule is Fc1cc(-n2ncc3c(Br)cccc32)ccn1. The largest absolute Gasteiger partial charge is 0.233 e. The van der Waals surface area contributed by atoms with Crippen molar-refractivity contribution in [2.75, 3.05) is 0 Å². The van der Waals surface area contributed by atoms with Crippen LogP contribution in [0.25, 0.3) is 16.6 Å². The summed E-state index contributed by atoms with van der Waals surface area (Å²) in [6.45, 7) is 0. The summed E-state index contributed by atoms with van der Waals surface area (Å²) in [6, 6.07) is 8.87. The lowest BCUT2D eigenvalue weighted by Crippen LogP contribution is -1.97. The molecular formula is C12H7BrFN3. The number of halogens is 2. The Balaban J connectivity index is 2.28. The first kappa shape index (κ1) is 10.4. The zero-order valence-electron chi connectivity index (χ0n) is 8.64. The third kappa shape index (κ3) is 1.72. The number of hydrogen-bond acceptors (Lipinski definition) is 2. The van der Waals surface area contributed by atoms with Crippen molar-refractivity contribution in [3.05, 3.63) is 53.1 Å². The van der Waals surface area contributed by atoms with Gasteiger partial charge in [-0.15, -0.1) is 0 Å². The Kier molecular flexibility index (Phi) is 2.40. The number of rotatable bonds is 1. The third-order valence-corrected chi connectivity index (χ3v) is 3.21. The normalized spacial score (nSPS) is 10.9. The Labute approximate surface area is 105 Å². The van der Waals surface area contributed by atoms with Crippen LogP contribution in [0.1, 0.15) is 0 Å². The molecule has 2 aromatic heterocycles. The minimum atomic E-state index is -0.513. The van der Waals surface area contributed by atoms with E-state index in [0.717, 1.165) is 15.4 Å². The van der Waals surface area contributed by atoms with E-state index in [1.54, 1.807) is 16.9 Å². The van der Waals surface area contributed by atoms with Gasteiger partial charge in [-0.25, -0.2) is 9.67 Å². The number of pyridine rings is 1. The molecular weight excluding hydrogens is 285 g/mol. The van der Waals surface area contributed by atoms with Gasteiger partial charge in [-0.2, -0.15) is 9.49 Å². The van der Waals surface area contributed by atoms with Gasteiger partial charge < -0.3 is 0 Å². The van der Waals surface area contributed by atoms with Crippen LogP contribution in [0, 0.1) is 5.95 Å². The average molecular weight is 292 g/mol. The third-order valence-electron chi connectivity index (χ3n) is 2.52. The van der Waals surface area contributed by atoms with E-state index in [0.29, 0.717) is 5.69 Å². The highest BCUT2D eigenvalue weighted by Crippen LogP contribution is 2.25. The van der Waals surface area contributed by atoms with Gasteiger partial charge in [-0.05, 0) is 18.2 Å². The summed E-state index contributed by atoms with van der Waals surface area (Å²) in [6.07, 6.45) is 3.17. The van der Waals surface area contributed by atoms with E-state index in [-0.39, 0.29) is 0 Å². The molecule has 17 heavy (non-hydrogen) atoms. The Hall–Kier alpha value is -1.75. The molecule has 0 fully saturated rings. The summed E-state index contributed by atoms with van der Waals surface area (Å²) in [7, 11) is 0. The fourth-order valence-electron chi connectivity index (χ4n) is 1.75. The first-order chi connectivity index (χ1) is 8.25. The fourth-order valence-corrected chi connectivity index (χ4v) is 2.20. The number of nitrogens with zero attached hydrogens (tertiary/aromatic N) is 3. The molecule has 0 bridgehead atoms. The van der Waals surface area contributed by atoms with Gasteiger partial charge in [0.25, 0.3) is 0 Å². The van der Waals surface area contributed by atoms with Crippen molar-refractivity contribution >= 4 is 26.8 Å². The van der Waals surface area contributed by atoms with Crippen LogP contribution < -0.4 is 0 Å². The molecule has 0 unspecified atom stereocenters. The summed E-state index contributed by atoms with van der Waals surface area (Å²) in [5, 5.41) is 5.25. The molecule has 0 radical (unpaired) electrons. The molecule has 0 amide bonds. The Morgan fingerprint density at radius 3 is 2.94 bits per heavy atom. The second kappa shape index (κ2) is 3.92. The Morgan fingerprint density at radius 2 is 2.12 bits per heavy atom. The van der Waals surface area contributed by atoms with Gasteiger partial charge in [0.1, 0.15) is 0 Å². The molecule has 0 saturated heterocycles. The quantitative estimate of drug-likeness (QED) is 0.644. The Morgan fingerprint density at radius 1 is 1.24 bits per heavy atom. The number of hydrogen-bond donors (Lipinski definition) is 0. The maximum absolute atomic E-state index is 13.1. The molecule has 0 atom stereocenters. The molecule has 84 valence electrons. The highest BCUT2D eigenvalue weighted by molar-refractivity contribution is 9.10. The molecule has 5 heteroatoms. The van der Waals surface area contributed by atoms with E-state index in [4.69, 9.17) is 0 Å². The second-order valence-electron chi connectivity index (χ2n) is 3.57. The highest BCUT2D eigenvalue weighted by Gasteiger charge is 2.07. The van der Waals surface area contributed by atoms with E-state index in [1.807, 2.05) is 18.2 Å². The van der Waals surface area contributed by atoms with Gasteiger partial charge in [-0.3, -0.25) is 0 Å². The molecule has 3 rings (SSSR count). The summed E-state index contributed by atoms with van der Waals surface area (Å²) in [5.74, 6) is -0.513. The molecule has 0 saturated carbocycles. The zero-order chi connectivity index (χ0) is 11.8.